The minimum atomic E-state index is -0.0897. The molecule has 1 aromatic heterocycles. The molecule has 64 heavy (non-hydrogen) atoms. The number of nitrogens with zero attached hydrogens (tertiary/aromatic N) is 5. The molecule has 0 unspecified atom stereocenters. The second-order valence-corrected chi connectivity index (χ2v) is 17.6. The molecule has 2 amide bonds. The summed E-state index contributed by atoms with van der Waals surface area (Å²) in [6, 6.07) is 31.9. The Morgan fingerprint density at radius 3 is 1.80 bits per heavy atom. The number of likely N-dealkylation sites (N-methyl/N-ethyl adjacent to an activating group) is 1. The number of carbonyl (C=O) groups is 2. The van der Waals surface area contributed by atoms with Crippen LogP contribution in [0, 0.1) is 0 Å². The van der Waals surface area contributed by atoms with E-state index in [1.807, 2.05) is 138 Å². The van der Waals surface area contributed by atoms with Gasteiger partial charge in [0, 0.05) is 81.8 Å². The average molecular weight is 912 g/mol. The van der Waals surface area contributed by atoms with E-state index in [2.05, 4.69) is 37.6 Å². The van der Waals surface area contributed by atoms with Crippen LogP contribution in [0.25, 0.3) is 29.3 Å². The van der Waals surface area contributed by atoms with Crippen molar-refractivity contribution in [1.82, 2.24) is 15.2 Å². The largest absolute Gasteiger partial charge is 0.395 e. The summed E-state index contributed by atoms with van der Waals surface area (Å²) in [5, 5.41) is 46.8. The molecular formula is C48H63N8O6S2+. The summed E-state index contributed by atoms with van der Waals surface area (Å²) >= 11 is 0. The van der Waals surface area contributed by atoms with Crippen LogP contribution in [-0.4, -0.2) is 134 Å². The second kappa shape index (κ2) is 27.0. The Labute approximate surface area is 384 Å². The lowest BCUT2D eigenvalue weighted by atomic mass is 10.1. The highest BCUT2D eigenvalue weighted by Crippen LogP contribution is 2.25. The van der Waals surface area contributed by atoms with E-state index in [1.54, 1.807) is 21.6 Å². The maximum absolute atomic E-state index is 13.2. The van der Waals surface area contributed by atoms with Crippen LogP contribution in [0.4, 0.5) is 22.7 Å². The number of amides is 2. The SMILES string of the molecule is CN(CC=Cc1ccc(N(CCO)CCO)cc1)c1ccccc1NCC(=O)NCCSSCCNC(=O)Cn1c(C=Cc2ccc(N(CCO)CCO)cc2)[n+](C)c2ccccc21. The number of aromatic nitrogens is 2. The average Bonchev–Trinajstić information content (AvgIpc) is 3.57. The number of fused-ring (bicyclic) bond motifs is 1. The molecule has 0 radical (unpaired) electrons. The van der Waals surface area contributed by atoms with E-state index in [1.165, 1.54) is 0 Å². The van der Waals surface area contributed by atoms with E-state index in [0.717, 1.165) is 62.2 Å². The van der Waals surface area contributed by atoms with Gasteiger partial charge in [-0.1, -0.05) is 82.3 Å². The summed E-state index contributed by atoms with van der Waals surface area (Å²) in [5.41, 5.74) is 7.74. The zero-order valence-corrected chi connectivity index (χ0v) is 38.4. The molecule has 0 saturated heterocycles. The number of carbonyl (C=O) groups excluding carboxylic acids is 2. The predicted molar refractivity (Wildman–Crippen MR) is 266 cm³/mol. The molecule has 0 aliphatic rings. The van der Waals surface area contributed by atoms with E-state index < -0.39 is 0 Å². The first-order valence-corrected chi connectivity index (χ1v) is 24.0. The van der Waals surface area contributed by atoms with Gasteiger partial charge < -0.3 is 51.1 Å². The number of benzene rings is 4. The molecule has 0 atom stereocenters. The first-order chi connectivity index (χ1) is 31.3. The summed E-state index contributed by atoms with van der Waals surface area (Å²) in [5.74, 6) is 2.18. The van der Waals surface area contributed by atoms with Gasteiger partial charge in [-0.3, -0.25) is 9.59 Å². The van der Waals surface area contributed by atoms with Gasteiger partial charge in [0.15, 0.2) is 17.6 Å². The highest BCUT2D eigenvalue weighted by atomic mass is 33.1. The Balaban J connectivity index is 1.000. The number of rotatable bonds is 28. The summed E-state index contributed by atoms with van der Waals surface area (Å²) in [4.78, 5) is 31.9. The van der Waals surface area contributed by atoms with Crippen molar-refractivity contribution in [3.05, 3.63) is 120 Å². The maximum atomic E-state index is 13.2. The van der Waals surface area contributed by atoms with Gasteiger partial charge in [0.1, 0.15) is 0 Å². The van der Waals surface area contributed by atoms with Crippen molar-refractivity contribution in [2.24, 2.45) is 7.05 Å². The Morgan fingerprint density at radius 2 is 1.20 bits per heavy atom. The Bertz CT molecular complexity index is 2240. The van der Waals surface area contributed by atoms with Gasteiger partial charge in [-0.25, -0.2) is 9.13 Å². The third-order valence-electron chi connectivity index (χ3n) is 10.4. The van der Waals surface area contributed by atoms with Crippen molar-refractivity contribution in [3.63, 3.8) is 0 Å². The van der Waals surface area contributed by atoms with Gasteiger partial charge in [-0.15, -0.1) is 0 Å². The lowest BCUT2D eigenvalue weighted by molar-refractivity contribution is -0.647. The highest BCUT2D eigenvalue weighted by Gasteiger charge is 2.22. The summed E-state index contributed by atoms with van der Waals surface area (Å²) in [6.07, 6.45) is 8.17. The molecular weight excluding hydrogens is 849 g/mol. The molecule has 0 bridgehead atoms. The molecule has 5 rings (SSSR count). The molecule has 342 valence electrons. The van der Waals surface area contributed by atoms with Crippen LogP contribution in [0.5, 0.6) is 0 Å². The number of aliphatic hydroxyl groups is 4. The van der Waals surface area contributed by atoms with Crippen LogP contribution < -0.4 is 35.2 Å². The molecule has 0 aliphatic carbocycles. The molecule has 7 N–H and O–H groups in total. The molecule has 0 spiro atoms. The van der Waals surface area contributed by atoms with E-state index in [9.17, 15) is 30.0 Å². The minimum Gasteiger partial charge on any atom is -0.395 e. The van der Waals surface area contributed by atoms with Crippen LogP contribution in [0.2, 0.25) is 0 Å². The monoisotopic (exact) mass is 911 g/mol. The van der Waals surface area contributed by atoms with E-state index in [-0.39, 0.29) is 51.3 Å². The third-order valence-corrected chi connectivity index (χ3v) is 12.8. The molecule has 5 aromatic rings. The van der Waals surface area contributed by atoms with Gasteiger partial charge in [-0.2, -0.15) is 0 Å². The zero-order valence-electron chi connectivity index (χ0n) is 36.8. The standard InChI is InChI=1S/C48H62N8O6S2/c1-52(25-7-8-38-13-18-40(19-14-38)54(26-30-57)27-31-58)43-10-4-3-9-42(43)51-36-46(61)49-23-34-63-64-35-24-50-47(62)37-56-45-12-6-5-11-44(45)53(2)48(56)22-17-39-15-20-41(21-16-39)55(28-32-59)29-33-60/h3-22,51,57-60H,23-37H2,1-2H3,(H-,49,50,61,62)/p+1. The van der Waals surface area contributed by atoms with Gasteiger partial charge in [0.05, 0.1) is 51.4 Å². The lowest BCUT2D eigenvalue weighted by Gasteiger charge is -2.23. The number of para-hydroxylation sites is 4. The van der Waals surface area contributed by atoms with Crippen molar-refractivity contribution >= 4 is 85.4 Å². The van der Waals surface area contributed by atoms with E-state index in [4.69, 9.17) is 0 Å². The van der Waals surface area contributed by atoms with Crippen molar-refractivity contribution < 1.29 is 34.6 Å². The molecule has 0 saturated carbocycles. The summed E-state index contributed by atoms with van der Waals surface area (Å²) < 4.78 is 4.10. The molecule has 4 aromatic carbocycles. The van der Waals surface area contributed by atoms with Gasteiger partial charge in [-0.05, 0) is 65.7 Å². The van der Waals surface area contributed by atoms with Gasteiger partial charge >= 0.3 is 0 Å². The van der Waals surface area contributed by atoms with Gasteiger partial charge in [0.25, 0.3) is 11.7 Å². The highest BCUT2D eigenvalue weighted by molar-refractivity contribution is 8.76. The maximum Gasteiger partial charge on any atom is 0.282 e. The fourth-order valence-electron chi connectivity index (χ4n) is 7.18. The van der Waals surface area contributed by atoms with Gasteiger partial charge in [0.2, 0.25) is 5.91 Å². The summed E-state index contributed by atoms with van der Waals surface area (Å²) in [7, 11) is 7.32. The normalized spacial score (nSPS) is 11.4. The minimum absolute atomic E-state index is 0.00646. The Kier molecular flexibility index (Phi) is 20.9. The van der Waals surface area contributed by atoms with Crippen LogP contribution in [0.1, 0.15) is 17.0 Å². The molecule has 1 heterocycles. The van der Waals surface area contributed by atoms with Crippen LogP contribution in [0.3, 0.4) is 0 Å². The number of imidazole rings is 1. The molecule has 0 aliphatic heterocycles. The first-order valence-electron chi connectivity index (χ1n) is 21.5. The van der Waals surface area contributed by atoms with E-state index >= 15 is 0 Å². The van der Waals surface area contributed by atoms with Crippen LogP contribution >= 0.6 is 21.6 Å². The lowest BCUT2D eigenvalue weighted by Crippen LogP contribution is -2.34. The third kappa shape index (κ3) is 15.1. The molecule has 14 nitrogen and oxygen atoms in total. The van der Waals surface area contributed by atoms with Crippen molar-refractivity contribution in [2.75, 3.05) is 117 Å². The Morgan fingerprint density at radius 1 is 0.672 bits per heavy atom. The predicted octanol–water partition coefficient (Wildman–Crippen LogP) is 4.09. The number of anilines is 4. The fraction of sp³-hybridized carbons (Fsp3) is 0.354. The topological polar surface area (TPSA) is 170 Å². The van der Waals surface area contributed by atoms with Crippen molar-refractivity contribution in [2.45, 2.75) is 6.54 Å². The molecule has 0 fully saturated rings. The van der Waals surface area contributed by atoms with E-state index in [0.29, 0.717) is 45.8 Å². The zero-order chi connectivity index (χ0) is 45.5. The summed E-state index contributed by atoms with van der Waals surface area (Å²) in [6.45, 7) is 3.92. The number of nitrogens with one attached hydrogen (secondary N) is 3. The number of aryl methyl sites for hydroxylation is 1. The fourth-order valence-corrected chi connectivity index (χ4v) is 8.99. The Hall–Kier alpha value is -5.49. The smallest absolute Gasteiger partial charge is 0.282 e. The number of hydrogen-bond acceptors (Lipinski definition) is 12. The quantitative estimate of drug-likeness (QED) is 0.0219. The number of aliphatic hydroxyl groups excluding tert-OH is 4. The van der Waals surface area contributed by atoms with Crippen LogP contribution in [0.15, 0.2) is 103 Å². The number of hydrogen-bond donors (Lipinski definition) is 7. The first kappa shape index (κ1) is 49.5. The molecule has 16 heteroatoms. The van der Waals surface area contributed by atoms with Crippen LogP contribution in [-0.2, 0) is 23.2 Å². The second-order valence-electron chi connectivity index (χ2n) is 14.9. The van der Waals surface area contributed by atoms with Crippen molar-refractivity contribution in [3.8, 4) is 0 Å². The van der Waals surface area contributed by atoms with Crippen molar-refractivity contribution in [1.29, 1.82) is 0 Å².